The number of rotatable bonds is 4. The normalized spacial score (nSPS) is 12.0. The molecule has 0 bridgehead atoms. The first-order chi connectivity index (χ1) is 8.02. The molecule has 0 saturated carbocycles. The summed E-state index contributed by atoms with van der Waals surface area (Å²) in [5.41, 5.74) is 2.03. The van der Waals surface area contributed by atoms with Crippen molar-refractivity contribution in [2.45, 2.75) is 20.8 Å². The molecule has 2 aromatic heterocycles. The predicted molar refractivity (Wildman–Crippen MR) is 70.7 cm³/mol. The van der Waals surface area contributed by atoms with E-state index < -0.39 is 0 Å². The molecule has 0 atom stereocenters. The quantitative estimate of drug-likeness (QED) is 0.851. The van der Waals surface area contributed by atoms with Gasteiger partial charge >= 0.3 is 0 Å². The maximum Gasteiger partial charge on any atom is 0.152 e. The van der Waals surface area contributed by atoms with Gasteiger partial charge in [-0.05, 0) is 18.4 Å². The SMILES string of the molecule is Cc1cc2c(NCC(C)(C)CCl)nccn2n1. The number of nitrogens with one attached hydrogen (secondary N) is 1. The molecule has 2 rings (SSSR count). The van der Waals surface area contributed by atoms with Crippen molar-refractivity contribution in [1.29, 1.82) is 0 Å². The van der Waals surface area contributed by atoms with Crippen LogP contribution < -0.4 is 5.32 Å². The van der Waals surface area contributed by atoms with Gasteiger partial charge in [0, 0.05) is 24.8 Å². The summed E-state index contributed by atoms with van der Waals surface area (Å²) in [4.78, 5) is 4.34. The van der Waals surface area contributed by atoms with Crippen LogP contribution in [0.3, 0.4) is 0 Å². The van der Waals surface area contributed by atoms with E-state index >= 15 is 0 Å². The standard InChI is InChI=1S/C12H17ClN4/c1-9-6-10-11(14-4-5-17(10)16-9)15-8-12(2,3)7-13/h4-6H,7-8H2,1-3H3,(H,14,15). The zero-order valence-electron chi connectivity index (χ0n) is 10.4. The van der Waals surface area contributed by atoms with Gasteiger partial charge in [-0.2, -0.15) is 5.10 Å². The number of hydrogen-bond acceptors (Lipinski definition) is 3. The van der Waals surface area contributed by atoms with Gasteiger partial charge in [0.2, 0.25) is 0 Å². The first-order valence-corrected chi connectivity index (χ1v) is 6.16. The van der Waals surface area contributed by atoms with E-state index in [2.05, 4.69) is 29.2 Å². The van der Waals surface area contributed by atoms with Crippen LogP contribution in [-0.2, 0) is 0 Å². The smallest absolute Gasteiger partial charge is 0.152 e. The number of alkyl halides is 1. The molecular weight excluding hydrogens is 236 g/mol. The number of aromatic nitrogens is 3. The molecule has 0 unspecified atom stereocenters. The second-order valence-corrected chi connectivity index (χ2v) is 5.31. The summed E-state index contributed by atoms with van der Waals surface area (Å²) in [7, 11) is 0. The van der Waals surface area contributed by atoms with Gasteiger partial charge < -0.3 is 5.32 Å². The monoisotopic (exact) mass is 252 g/mol. The first-order valence-electron chi connectivity index (χ1n) is 5.63. The molecule has 0 radical (unpaired) electrons. The summed E-state index contributed by atoms with van der Waals surface area (Å²) >= 11 is 5.90. The Labute approximate surface area is 106 Å². The highest BCUT2D eigenvalue weighted by atomic mass is 35.5. The highest BCUT2D eigenvalue weighted by Gasteiger charge is 2.17. The molecule has 0 saturated heterocycles. The van der Waals surface area contributed by atoms with E-state index in [1.165, 1.54) is 0 Å². The Balaban J connectivity index is 2.24. The molecule has 0 aliphatic heterocycles. The molecule has 1 N–H and O–H groups in total. The van der Waals surface area contributed by atoms with Gasteiger partial charge in [-0.3, -0.25) is 0 Å². The Morgan fingerprint density at radius 1 is 1.47 bits per heavy atom. The molecule has 0 spiro atoms. The minimum absolute atomic E-state index is 0.0468. The Bertz CT molecular complexity index is 518. The fourth-order valence-electron chi connectivity index (χ4n) is 1.55. The third kappa shape index (κ3) is 2.69. The van der Waals surface area contributed by atoms with Gasteiger partial charge in [0.25, 0.3) is 0 Å². The van der Waals surface area contributed by atoms with E-state index in [1.54, 1.807) is 6.20 Å². The van der Waals surface area contributed by atoms with Crippen LogP contribution in [0.5, 0.6) is 0 Å². The first kappa shape index (κ1) is 12.2. The molecule has 92 valence electrons. The van der Waals surface area contributed by atoms with Crippen LogP contribution in [0.25, 0.3) is 5.52 Å². The predicted octanol–water partition coefficient (Wildman–Crippen LogP) is 2.71. The van der Waals surface area contributed by atoms with Crippen molar-refractivity contribution in [3.05, 3.63) is 24.2 Å². The van der Waals surface area contributed by atoms with E-state index in [1.807, 2.05) is 23.7 Å². The second-order valence-electron chi connectivity index (χ2n) is 5.04. The molecule has 0 amide bonds. The fourth-order valence-corrected chi connectivity index (χ4v) is 1.65. The molecule has 2 heterocycles. The van der Waals surface area contributed by atoms with Crippen LogP contribution in [0.15, 0.2) is 18.5 Å². The molecule has 0 aromatic carbocycles. The zero-order valence-corrected chi connectivity index (χ0v) is 11.1. The van der Waals surface area contributed by atoms with Gasteiger partial charge in [-0.25, -0.2) is 9.50 Å². The third-order valence-corrected chi connectivity index (χ3v) is 3.33. The van der Waals surface area contributed by atoms with Crippen LogP contribution in [-0.4, -0.2) is 27.0 Å². The lowest BCUT2D eigenvalue weighted by Gasteiger charge is -2.22. The van der Waals surface area contributed by atoms with Gasteiger partial charge in [-0.1, -0.05) is 13.8 Å². The van der Waals surface area contributed by atoms with E-state index in [-0.39, 0.29) is 5.41 Å². The third-order valence-electron chi connectivity index (χ3n) is 2.61. The number of aryl methyl sites for hydroxylation is 1. The highest BCUT2D eigenvalue weighted by molar-refractivity contribution is 6.18. The summed E-state index contributed by atoms with van der Waals surface area (Å²) in [6.45, 7) is 7.00. The van der Waals surface area contributed by atoms with E-state index in [9.17, 15) is 0 Å². The van der Waals surface area contributed by atoms with Crippen molar-refractivity contribution in [2.24, 2.45) is 5.41 Å². The summed E-state index contributed by atoms with van der Waals surface area (Å²) < 4.78 is 1.83. The van der Waals surface area contributed by atoms with Gasteiger partial charge in [0.05, 0.1) is 5.69 Å². The lowest BCUT2D eigenvalue weighted by atomic mass is 9.97. The van der Waals surface area contributed by atoms with Crippen molar-refractivity contribution >= 4 is 22.9 Å². The van der Waals surface area contributed by atoms with Crippen molar-refractivity contribution in [3.63, 3.8) is 0 Å². The van der Waals surface area contributed by atoms with Crippen molar-refractivity contribution < 1.29 is 0 Å². The highest BCUT2D eigenvalue weighted by Crippen LogP contribution is 2.20. The maximum absolute atomic E-state index is 5.90. The zero-order chi connectivity index (χ0) is 12.5. The average molecular weight is 253 g/mol. The second kappa shape index (κ2) is 4.53. The van der Waals surface area contributed by atoms with Crippen molar-refractivity contribution in [2.75, 3.05) is 17.7 Å². The molecule has 0 aliphatic rings. The number of nitrogens with zero attached hydrogens (tertiary/aromatic N) is 3. The Hall–Kier alpha value is -1.29. The summed E-state index contributed by atoms with van der Waals surface area (Å²) in [5.74, 6) is 1.47. The number of hydrogen-bond donors (Lipinski definition) is 1. The van der Waals surface area contributed by atoms with Crippen LogP contribution in [0.4, 0.5) is 5.82 Å². The van der Waals surface area contributed by atoms with E-state index in [0.717, 1.165) is 23.6 Å². The van der Waals surface area contributed by atoms with E-state index in [4.69, 9.17) is 11.6 Å². The topological polar surface area (TPSA) is 42.2 Å². The van der Waals surface area contributed by atoms with Crippen LogP contribution >= 0.6 is 11.6 Å². The van der Waals surface area contributed by atoms with Crippen molar-refractivity contribution in [1.82, 2.24) is 14.6 Å². The molecule has 0 aliphatic carbocycles. The van der Waals surface area contributed by atoms with Crippen LogP contribution in [0, 0.1) is 12.3 Å². The lowest BCUT2D eigenvalue weighted by Crippen LogP contribution is -2.25. The largest absolute Gasteiger partial charge is 0.368 e. The molecule has 17 heavy (non-hydrogen) atoms. The summed E-state index contributed by atoms with van der Waals surface area (Å²) in [6.07, 6.45) is 3.59. The van der Waals surface area contributed by atoms with Crippen LogP contribution in [0.1, 0.15) is 19.5 Å². The Morgan fingerprint density at radius 2 is 2.24 bits per heavy atom. The van der Waals surface area contributed by atoms with Crippen molar-refractivity contribution in [3.8, 4) is 0 Å². The van der Waals surface area contributed by atoms with Crippen LogP contribution in [0.2, 0.25) is 0 Å². The summed E-state index contributed by atoms with van der Waals surface area (Å²) in [6, 6.07) is 2.02. The Morgan fingerprint density at radius 3 is 2.94 bits per heavy atom. The number of halogens is 1. The fraction of sp³-hybridized carbons (Fsp3) is 0.500. The molecular formula is C12H17ClN4. The van der Waals surface area contributed by atoms with Gasteiger partial charge in [0.15, 0.2) is 5.82 Å². The molecule has 5 heteroatoms. The Kier molecular flexibility index (Phi) is 3.24. The number of anilines is 1. The summed E-state index contributed by atoms with van der Waals surface area (Å²) in [5, 5.41) is 7.68. The van der Waals surface area contributed by atoms with Gasteiger partial charge in [-0.15, -0.1) is 11.6 Å². The molecule has 2 aromatic rings. The minimum Gasteiger partial charge on any atom is -0.368 e. The maximum atomic E-state index is 5.90. The minimum atomic E-state index is 0.0468. The van der Waals surface area contributed by atoms with Gasteiger partial charge in [0.1, 0.15) is 5.52 Å². The number of fused-ring (bicyclic) bond motifs is 1. The molecule has 4 nitrogen and oxygen atoms in total. The lowest BCUT2D eigenvalue weighted by molar-refractivity contribution is 0.450. The average Bonchev–Trinajstić information content (AvgIpc) is 2.67. The van der Waals surface area contributed by atoms with E-state index in [0.29, 0.717) is 5.88 Å². The molecule has 0 fully saturated rings.